The van der Waals surface area contributed by atoms with E-state index in [1.54, 1.807) is 0 Å². The third-order valence-corrected chi connectivity index (χ3v) is 2.86. The van der Waals surface area contributed by atoms with Crippen molar-refractivity contribution in [2.24, 2.45) is 0 Å². The Morgan fingerprint density at radius 2 is 2.36 bits per heavy atom. The summed E-state index contributed by atoms with van der Waals surface area (Å²) in [4.78, 5) is 13.1. The number of Topliss-reactive ketones (excluding diaryl/α,β-unsaturated/α-hetero) is 1. The minimum absolute atomic E-state index is 0.0401. The number of ether oxygens (including phenoxy) is 1. The molecule has 0 aromatic heterocycles. The summed E-state index contributed by atoms with van der Waals surface area (Å²) >= 11 is 0. The molecule has 0 aromatic carbocycles. The Labute approximate surface area is 84.4 Å². The van der Waals surface area contributed by atoms with Gasteiger partial charge in [-0.25, -0.2) is 0 Å². The first-order chi connectivity index (χ1) is 6.77. The molecule has 76 valence electrons. The second kappa shape index (κ2) is 4.12. The molecule has 2 heterocycles. The van der Waals surface area contributed by atoms with E-state index in [4.69, 9.17) is 4.74 Å². The summed E-state index contributed by atoms with van der Waals surface area (Å²) in [7, 11) is 0. The fourth-order valence-corrected chi connectivity index (χ4v) is 2.18. The van der Waals surface area contributed by atoms with E-state index in [0.717, 1.165) is 32.6 Å². The van der Waals surface area contributed by atoms with Gasteiger partial charge in [-0.1, -0.05) is 5.92 Å². The maximum absolute atomic E-state index is 10.7. The van der Waals surface area contributed by atoms with Crippen LogP contribution in [0.5, 0.6) is 0 Å². The number of nitrogens with zero attached hydrogens (tertiary/aromatic N) is 1. The van der Waals surface area contributed by atoms with Crippen molar-refractivity contribution in [1.29, 1.82) is 0 Å². The van der Waals surface area contributed by atoms with E-state index < -0.39 is 0 Å². The Balaban J connectivity index is 2.01. The van der Waals surface area contributed by atoms with Crippen molar-refractivity contribution in [2.45, 2.75) is 31.8 Å². The predicted octanol–water partition coefficient (Wildman–Crippen LogP) is 0.442. The van der Waals surface area contributed by atoms with Gasteiger partial charge in [-0.3, -0.25) is 9.69 Å². The fraction of sp³-hybridized carbons (Fsp3) is 0.727. The van der Waals surface area contributed by atoms with Gasteiger partial charge in [0.1, 0.15) is 0 Å². The molecule has 2 aliphatic heterocycles. The van der Waals surface area contributed by atoms with Gasteiger partial charge in [-0.15, -0.1) is 0 Å². The molecule has 0 radical (unpaired) electrons. The van der Waals surface area contributed by atoms with Crippen LogP contribution in [0.1, 0.15) is 19.8 Å². The van der Waals surface area contributed by atoms with Crippen molar-refractivity contribution >= 4 is 5.78 Å². The lowest BCUT2D eigenvalue weighted by Crippen LogP contribution is -2.44. The SMILES string of the molecule is CC(=O)C#CC1CCC2COCCN12. The lowest BCUT2D eigenvalue weighted by molar-refractivity contribution is -0.111. The molecule has 3 nitrogen and oxygen atoms in total. The molecule has 3 heteroatoms. The Morgan fingerprint density at radius 1 is 1.50 bits per heavy atom. The Morgan fingerprint density at radius 3 is 3.14 bits per heavy atom. The average molecular weight is 193 g/mol. The third kappa shape index (κ3) is 1.97. The number of ketones is 1. The molecular weight excluding hydrogens is 178 g/mol. The van der Waals surface area contributed by atoms with Crippen LogP contribution in [0.3, 0.4) is 0 Å². The average Bonchev–Trinajstić information content (AvgIpc) is 2.58. The number of carbonyl (C=O) groups excluding carboxylic acids is 1. The van der Waals surface area contributed by atoms with Gasteiger partial charge in [0.2, 0.25) is 5.78 Å². The molecule has 2 atom stereocenters. The number of morpholine rings is 1. The van der Waals surface area contributed by atoms with Gasteiger partial charge in [-0.2, -0.15) is 0 Å². The summed E-state index contributed by atoms with van der Waals surface area (Å²) in [5, 5.41) is 0. The largest absolute Gasteiger partial charge is 0.378 e. The topological polar surface area (TPSA) is 29.5 Å². The highest BCUT2D eigenvalue weighted by atomic mass is 16.5. The molecule has 2 rings (SSSR count). The van der Waals surface area contributed by atoms with Gasteiger partial charge < -0.3 is 4.74 Å². The second-order valence-electron chi connectivity index (χ2n) is 3.89. The molecule has 2 fully saturated rings. The van der Waals surface area contributed by atoms with Crippen molar-refractivity contribution in [3.63, 3.8) is 0 Å². The van der Waals surface area contributed by atoms with E-state index in [1.165, 1.54) is 6.92 Å². The minimum Gasteiger partial charge on any atom is -0.378 e. The first-order valence-electron chi connectivity index (χ1n) is 5.13. The lowest BCUT2D eigenvalue weighted by Gasteiger charge is -2.31. The maximum atomic E-state index is 10.7. The summed E-state index contributed by atoms with van der Waals surface area (Å²) in [5.74, 6) is 5.66. The van der Waals surface area contributed by atoms with Crippen LogP contribution in [0.2, 0.25) is 0 Å². The molecule has 2 aliphatic rings. The zero-order valence-corrected chi connectivity index (χ0v) is 8.45. The summed E-state index contributed by atoms with van der Waals surface area (Å²) in [5.41, 5.74) is 0. The van der Waals surface area contributed by atoms with Crippen molar-refractivity contribution in [3.05, 3.63) is 0 Å². The maximum Gasteiger partial charge on any atom is 0.202 e. The first kappa shape index (κ1) is 9.70. The van der Waals surface area contributed by atoms with E-state index in [0.29, 0.717) is 6.04 Å². The molecule has 0 saturated carbocycles. The van der Waals surface area contributed by atoms with Crippen molar-refractivity contribution in [2.75, 3.05) is 19.8 Å². The highest BCUT2D eigenvalue weighted by Gasteiger charge is 2.34. The Hall–Kier alpha value is -0.850. The van der Waals surface area contributed by atoms with E-state index in [2.05, 4.69) is 16.7 Å². The van der Waals surface area contributed by atoms with Crippen LogP contribution in [0.25, 0.3) is 0 Å². The highest BCUT2D eigenvalue weighted by Crippen LogP contribution is 2.25. The van der Waals surface area contributed by atoms with Crippen molar-refractivity contribution in [1.82, 2.24) is 4.90 Å². The number of hydrogen-bond donors (Lipinski definition) is 0. The molecular formula is C11H15NO2. The van der Waals surface area contributed by atoms with Gasteiger partial charge in [0.05, 0.1) is 19.3 Å². The number of fused-ring (bicyclic) bond motifs is 1. The Kier molecular flexibility index (Phi) is 2.85. The zero-order chi connectivity index (χ0) is 9.97. The van der Waals surface area contributed by atoms with Crippen LogP contribution in [-0.4, -0.2) is 42.5 Å². The van der Waals surface area contributed by atoms with Crippen molar-refractivity contribution in [3.8, 4) is 11.8 Å². The molecule has 0 bridgehead atoms. The monoisotopic (exact) mass is 193 g/mol. The number of carbonyl (C=O) groups is 1. The Bertz CT molecular complexity index is 289. The number of rotatable bonds is 0. The van der Waals surface area contributed by atoms with Crippen LogP contribution in [0.4, 0.5) is 0 Å². The van der Waals surface area contributed by atoms with E-state index in [1.807, 2.05) is 0 Å². The summed E-state index contributed by atoms with van der Waals surface area (Å²) in [6.45, 7) is 4.10. The molecule has 0 aliphatic carbocycles. The standard InChI is InChI=1S/C11H15NO2/c1-9(13)2-3-10-4-5-11-8-14-7-6-12(10)11/h10-11H,4-8H2,1H3. The number of hydrogen-bond acceptors (Lipinski definition) is 3. The van der Waals surface area contributed by atoms with Gasteiger partial charge in [0.15, 0.2) is 0 Å². The normalized spacial score (nSPS) is 31.8. The third-order valence-electron chi connectivity index (χ3n) is 2.86. The molecule has 2 saturated heterocycles. The van der Waals surface area contributed by atoms with Gasteiger partial charge in [0, 0.05) is 19.5 Å². The molecule has 0 aromatic rings. The summed E-state index contributed by atoms with van der Waals surface area (Å²) in [6, 6.07) is 0.822. The zero-order valence-electron chi connectivity index (χ0n) is 8.45. The summed E-state index contributed by atoms with van der Waals surface area (Å²) < 4.78 is 5.40. The lowest BCUT2D eigenvalue weighted by atomic mass is 10.2. The molecule has 0 spiro atoms. The van der Waals surface area contributed by atoms with Gasteiger partial charge in [0.25, 0.3) is 0 Å². The van der Waals surface area contributed by atoms with Crippen molar-refractivity contribution < 1.29 is 9.53 Å². The van der Waals surface area contributed by atoms with Crippen LogP contribution in [0, 0.1) is 11.8 Å². The summed E-state index contributed by atoms with van der Waals surface area (Å²) in [6.07, 6.45) is 2.23. The van der Waals surface area contributed by atoms with Gasteiger partial charge >= 0.3 is 0 Å². The molecule has 0 amide bonds. The van der Waals surface area contributed by atoms with E-state index in [9.17, 15) is 4.79 Å². The quantitative estimate of drug-likeness (QED) is 0.413. The smallest absolute Gasteiger partial charge is 0.202 e. The first-order valence-corrected chi connectivity index (χ1v) is 5.13. The predicted molar refractivity (Wildman–Crippen MR) is 52.8 cm³/mol. The van der Waals surface area contributed by atoms with Crippen LogP contribution < -0.4 is 0 Å². The van der Waals surface area contributed by atoms with Crippen LogP contribution in [0.15, 0.2) is 0 Å². The van der Waals surface area contributed by atoms with Gasteiger partial charge in [-0.05, 0) is 18.8 Å². The van der Waals surface area contributed by atoms with Crippen LogP contribution in [-0.2, 0) is 9.53 Å². The minimum atomic E-state index is -0.0401. The van der Waals surface area contributed by atoms with Crippen LogP contribution >= 0.6 is 0 Å². The molecule has 0 N–H and O–H groups in total. The fourth-order valence-electron chi connectivity index (χ4n) is 2.18. The molecule has 14 heavy (non-hydrogen) atoms. The highest BCUT2D eigenvalue weighted by molar-refractivity contribution is 5.93. The molecule has 2 unspecified atom stereocenters. The van der Waals surface area contributed by atoms with E-state index in [-0.39, 0.29) is 11.8 Å². The van der Waals surface area contributed by atoms with E-state index >= 15 is 0 Å². The second-order valence-corrected chi connectivity index (χ2v) is 3.89.